The Hall–Kier alpha value is -0.460. The van der Waals surface area contributed by atoms with Crippen LogP contribution < -0.4 is 0 Å². The lowest BCUT2D eigenvalue weighted by Crippen LogP contribution is -1.92. The van der Waals surface area contributed by atoms with E-state index in [1.807, 2.05) is 19.9 Å². The summed E-state index contributed by atoms with van der Waals surface area (Å²) in [6, 6.07) is 0. The summed E-state index contributed by atoms with van der Waals surface area (Å²) in [4.78, 5) is 0. The molecule has 0 aliphatic heterocycles. The van der Waals surface area contributed by atoms with Gasteiger partial charge in [-0.2, -0.15) is 0 Å². The molecule has 0 radical (unpaired) electrons. The Kier molecular flexibility index (Phi) is 17.2. The van der Waals surface area contributed by atoms with Crippen molar-refractivity contribution in [2.75, 3.05) is 6.61 Å². The van der Waals surface area contributed by atoms with Crippen molar-refractivity contribution in [2.45, 2.75) is 111 Å². The monoisotopic (exact) mass is 296 g/mol. The number of allylic oxidation sites excluding steroid dienone is 2. The lowest BCUT2D eigenvalue weighted by atomic mass is 10.0. The number of ether oxygens (including phenoxy) is 1. The molecule has 0 heterocycles. The molecule has 0 saturated carbocycles. The van der Waals surface area contributed by atoms with Gasteiger partial charge in [0.1, 0.15) is 0 Å². The molecular weight excluding hydrogens is 256 g/mol. The first-order valence-corrected chi connectivity index (χ1v) is 9.57. The molecule has 0 aliphatic rings. The molecule has 1 heteroatoms. The number of unbranched alkanes of at least 4 members (excludes halogenated alkanes) is 13. The number of hydrogen-bond acceptors (Lipinski definition) is 1. The third-order valence-corrected chi connectivity index (χ3v) is 4.23. The van der Waals surface area contributed by atoms with Crippen LogP contribution in [-0.4, -0.2) is 6.61 Å². The largest absolute Gasteiger partial charge is 0.499 e. The number of hydrogen-bond donors (Lipinski definition) is 0. The van der Waals surface area contributed by atoms with Gasteiger partial charge < -0.3 is 4.74 Å². The molecule has 0 spiro atoms. The van der Waals surface area contributed by atoms with E-state index < -0.39 is 0 Å². The molecule has 0 fully saturated rings. The van der Waals surface area contributed by atoms with Crippen molar-refractivity contribution in [3.63, 3.8) is 0 Å². The Morgan fingerprint density at radius 1 is 0.667 bits per heavy atom. The van der Waals surface area contributed by atoms with E-state index >= 15 is 0 Å². The molecular formula is C20H40O. The maximum atomic E-state index is 5.56. The van der Waals surface area contributed by atoms with E-state index in [2.05, 4.69) is 6.92 Å². The quantitative estimate of drug-likeness (QED) is 0.213. The fourth-order valence-corrected chi connectivity index (χ4v) is 2.61. The molecule has 0 amide bonds. The van der Waals surface area contributed by atoms with Crippen LogP contribution in [0.15, 0.2) is 11.8 Å². The zero-order valence-corrected chi connectivity index (χ0v) is 15.1. The van der Waals surface area contributed by atoms with Crippen molar-refractivity contribution in [1.82, 2.24) is 0 Å². The van der Waals surface area contributed by atoms with Crippen molar-refractivity contribution in [3.8, 4) is 0 Å². The van der Waals surface area contributed by atoms with Gasteiger partial charge in [0.05, 0.1) is 12.4 Å². The zero-order chi connectivity index (χ0) is 15.6. The normalized spacial score (nSPS) is 11.9. The van der Waals surface area contributed by atoms with Crippen molar-refractivity contribution >= 4 is 0 Å². The molecule has 0 saturated heterocycles. The van der Waals surface area contributed by atoms with Crippen LogP contribution in [0.2, 0.25) is 0 Å². The molecule has 0 rings (SSSR count). The van der Waals surface area contributed by atoms with Crippen LogP contribution in [-0.2, 0) is 4.74 Å². The first kappa shape index (κ1) is 20.5. The van der Waals surface area contributed by atoms with Gasteiger partial charge in [0, 0.05) is 0 Å². The highest BCUT2D eigenvalue weighted by molar-refractivity contribution is 4.83. The van der Waals surface area contributed by atoms with Crippen LogP contribution in [0.4, 0.5) is 0 Å². The third kappa shape index (κ3) is 17.5. The van der Waals surface area contributed by atoms with E-state index in [-0.39, 0.29) is 0 Å². The maximum absolute atomic E-state index is 5.56. The first-order valence-electron chi connectivity index (χ1n) is 9.57. The smallest absolute Gasteiger partial charge is 0.0886 e. The van der Waals surface area contributed by atoms with Crippen LogP contribution in [0.1, 0.15) is 111 Å². The van der Waals surface area contributed by atoms with E-state index in [1.165, 1.54) is 89.9 Å². The summed E-state index contributed by atoms with van der Waals surface area (Å²) in [6.07, 6.45) is 21.8. The van der Waals surface area contributed by atoms with Gasteiger partial charge in [0.25, 0.3) is 0 Å². The second kappa shape index (κ2) is 17.6. The molecule has 0 unspecified atom stereocenters. The molecule has 0 aromatic rings. The molecule has 0 bridgehead atoms. The molecule has 0 aromatic heterocycles. The van der Waals surface area contributed by atoms with Gasteiger partial charge in [-0.3, -0.25) is 0 Å². The van der Waals surface area contributed by atoms with Gasteiger partial charge in [-0.15, -0.1) is 0 Å². The summed E-state index contributed by atoms with van der Waals surface area (Å²) in [6.45, 7) is 7.24. The van der Waals surface area contributed by atoms with E-state index in [4.69, 9.17) is 4.74 Å². The average molecular weight is 297 g/mol. The summed E-state index contributed by atoms with van der Waals surface area (Å²) in [7, 11) is 0. The standard InChI is InChI=1S/C20H40O/c1-4-6-7-8-9-10-11-12-13-14-15-16-17-18-19-21-20(3)5-2/h5H,4,6-19H2,1-3H3. The second-order valence-electron chi connectivity index (χ2n) is 6.34. The lowest BCUT2D eigenvalue weighted by molar-refractivity contribution is 0.206. The fourth-order valence-electron chi connectivity index (χ4n) is 2.61. The minimum Gasteiger partial charge on any atom is -0.499 e. The number of rotatable bonds is 16. The maximum Gasteiger partial charge on any atom is 0.0886 e. The Labute approximate surface area is 134 Å². The highest BCUT2D eigenvalue weighted by Gasteiger charge is 1.94. The average Bonchev–Trinajstić information content (AvgIpc) is 2.50. The summed E-state index contributed by atoms with van der Waals surface area (Å²) in [5.41, 5.74) is 0. The van der Waals surface area contributed by atoms with Crippen LogP contribution in [0.5, 0.6) is 0 Å². The van der Waals surface area contributed by atoms with Crippen molar-refractivity contribution in [2.24, 2.45) is 0 Å². The Morgan fingerprint density at radius 2 is 1.05 bits per heavy atom. The summed E-state index contributed by atoms with van der Waals surface area (Å²) in [5, 5.41) is 0. The van der Waals surface area contributed by atoms with Crippen LogP contribution in [0, 0.1) is 0 Å². The Balaban J connectivity index is 2.99. The Morgan fingerprint density at radius 3 is 1.43 bits per heavy atom. The lowest BCUT2D eigenvalue weighted by Gasteiger charge is -2.05. The first-order chi connectivity index (χ1) is 10.3. The molecule has 21 heavy (non-hydrogen) atoms. The SMILES string of the molecule is CC=C(C)OCCCCCCCCCCCCCCCC. The van der Waals surface area contributed by atoms with Gasteiger partial charge in [-0.1, -0.05) is 96.5 Å². The predicted octanol–water partition coefficient (Wildman–Crippen LogP) is 7.41. The second-order valence-corrected chi connectivity index (χ2v) is 6.34. The summed E-state index contributed by atoms with van der Waals surface area (Å²) < 4.78 is 5.56. The van der Waals surface area contributed by atoms with E-state index in [9.17, 15) is 0 Å². The van der Waals surface area contributed by atoms with Gasteiger partial charge in [-0.05, 0) is 20.3 Å². The van der Waals surface area contributed by atoms with Crippen molar-refractivity contribution in [3.05, 3.63) is 11.8 Å². The van der Waals surface area contributed by atoms with Gasteiger partial charge in [-0.25, -0.2) is 0 Å². The highest BCUT2D eigenvalue weighted by atomic mass is 16.5. The van der Waals surface area contributed by atoms with Gasteiger partial charge >= 0.3 is 0 Å². The summed E-state index contributed by atoms with van der Waals surface area (Å²) >= 11 is 0. The predicted molar refractivity (Wildman–Crippen MR) is 95.7 cm³/mol. The minimum atomic E-state index is 0.897. The molecule has 0 atom stereocenters. The summed E-state index contributed by atoms with van der Waals surface area (Å²) in [5.74, 6) is 1.06. The van der Waals surface area contributed by atoms with Crippen molar-refractivity contribution in [1.29, 1.82) is 0 Å². The fraction of sp³-hybridized carbons (Fsp3) is 0.900. The molecule has 126 valence electrons. The van der Waals surface area contributed by atoms with Gasteiger partial charge in [0.2, 0.25) is 0 Å². The van der Waals surface area contributed by atoms with Crippen molar-refractivity contribution < 1.29 is 4.74 Å². The minimum absolute atomic E-state index is 0.897. The van der Waals surface area contributed by atoms with Crippen LogP contribution in [0.3, 0.4) is 0 Å². The van der Waals surface area contributed by atoms with Crippen LogP contribution in [0.25, 0.3) is 0 Å². The van der Waals surface area contributed by atoms with E-state index in [1.54, 1.807) is 0 Å². The van der Waals surface area contributed by atoms with E-state index in [0.29, 0.717) is 0 Å². The zero-order valence-electron chi connectivity index (χ0n) is 15.1. The molecule has 0 N–H and O–H groups in total. The Bertz CT molecular complexity index is 220. The van der Waals surface area contributed by atoms with Crippen LogP contribution >= 0.6 is 0 Å². The van der Waals surface area contributed by atoms with Gasteiger partial charge in [0.15, 0.2) is 0 Å². The molecule has 0 aliphatic carbocycles. The molecule has 1 nitrogen and oxygen atoms in total. The van der Waals surface area contributed by atoms with E-state index in [0.717, 1.165) is 12.4 Å². The molecule has 0 aromatic carbocycles. The third-order valence-electron chi connectivity index (χ3n) is 4.23. The highest BCUT2D eigenvalue weighted by Crippen LogP contribution is 2.13. The topological polar surface area (TPSA) is 9.23 Å².